The number of hydrogen-bond acceptors (Lipinski definition) is 2. The van der Waals surface area contributed by atoms with E-state index >= 15 is 0 Å². The number of furan rings is 1. The van der Waals surface area contributed by atoms with Gasteiger partial charge in [-0.3, -0.25) is 4.79 Å². The SMILES string of the molecule is CC(Cl)C(=O)N(Cc1ccco1)Cc1cccn1Cc1ccccc1. The summed E-state index contributed by atoms with van der Waals surface area (Å²) in [4.78, 5) is 14.2. The minimum absolute atomic E-state index is 0.106. The lowest BCUT2D eigenvalue weighted by Gasteiger charge is -2.24. The molecule has 0 bridgehead atoms. The van der Waals surface area contributed by atoms with Crippen molar-refractivity contribution in [2.75, 3.05) is 0 Å². The lowest BCUT2D eigenvalue weighted by Crippen LogP contribution is -2.35. The molecule has 0 radical (unpaired) electrons. The van der Waals surface area contributed by atoms with Gasteiger partial charge >= 0.3 is 0 Å². The van der Waals surface area contributed by atoms with E-state index in [4.69, 9.17) is 16.0 Å². The number of amides is 1. The molecule has 0 saturated carbocycles. The fourth-order valence-electron chi connectivity index (χ4n) is 2.78. The smallest absolute Gasteiger partial charge is 0.241 e. The Morgan fingerprint density at radius 2 is 1.92 bits per heavy atom. The third kappa shape index (κ3) is 4.54. The summed E-state index contributed by atoms with van der Waals surface area (Å²) in [5, 5.41) is -0.576. The van der Waals surface area contributed by atoms with Gasteiger partial charge in [-0.1, -0.05) is 30.3 Å². The van der Waals surface area contributed by atoms with E-state index in [1.54, 1.807) is 18.1 Å². The number of alkyl halides is 1. The molecule has 0 aliphatic rings. The molecule has 0 N–H and O–H groups in total. The molecular formula is C20H21ClN2O2. The first kappa shape index (κ1) is 17.4. The number of carbonyl (C=O) groups is 1. The van der Waals surface area contributed by atoms with Crippen molar-refractivity contribution in [3.8, 4) is 0 Å². The van der Waals surface area contributed by atoms with Crippen LogP contribution in [-0.4, -0.2) is 20.8 Å². The minimum atomic E-state index is -0.576. The molecule has 3 rings (SSSR count). The van der Waals surface area contributed by atoms with Crippen LogP contribution in [0.5, 0.6) is 0 Å². The van der Waals surface area contributed by atoms with E-state index in [0.717, 1.165) is 18.0 Å². The van der Waals surface area contributed by atoms with Gasteiger partial charge in [0.15, 0.2) is 0 Å². The Hall–Kier alpha value is -2.46. The van der Waals surface area contributed by atoms with E-state index in [1.807, 2.05) is 48.7 Å². The predicted molar refractivity (Wildman–Crippen MR) is 98.3 cm³/mol. The number of hydrogen-bond donors (Lipinski definition) is 0. The van der Waals surface area contributed by atoms with Crippen molar-refractivity contribution >= 4 is 17.5 Å². The first-order valence-corrected chi connectivity index (χ1v) is 8.70. The Balaban J connectivity index is 1.77. The normalized spacial score (nSPS) is 12.1. The van der Waals surface area contributed by atoms with Gasteiger partial charge in [0, 0.05) is 18.4 Å². The van der Waals surface area contributed by atoms with Gasteiger partial charge in [0.1, 0.15) is 11.1 Å². The largest absolute Gasteiger partial charge is 0.467 e. The number of nitrogens with zero attached hydrogens (tertiary/aromatic N) is 2. The molecule has 1 atom stereocenters. The molecule has 130 valence electrons. The van der Waals surface area contributed by atoms with E-state index in [0.29, 0.717) is 13.1 Å². The van der Waals surface area contributed by atoms with E-state index in [-0.39, 0.29) is 5.91 Å². The molecule has 0 fully saturated rings. The molecule has 1 unspecified atom stereocenters. The summed E-state index contributed by atoms with van der Waals surface area (Å²) in [5.74, 6) is 0.636. The van der Waals surface area contributed by atoms with Crippen LogP contribution in [0.25, 0.3) is 0 Å². The molecule has 1 amide bonds. The maximum Gasteiger partial charge on any atom is 0.241 e. The molecule has 4 nitrogen and oxygen atoms in total. The average Bonchev–Trinajstić information content (AvgIpc) is 3.27. The average molecular weight is 357 g/mol. The van der Waals surface area contributed by atoms with Crippen LogP contribution >= 0.6 is 11.6 Å². The molecule has 0 aliphatic heterocycles. The van der Waals surface area contributed by atoms with Crippen molar-refractivity contribution < 1.29 is 9.21 Å². The van der Waals surface area contributed by atoms with Gasteiger partial charge in [-0.05, 0) is 36.8 Å². The lowest BCUT2D eigenvalue weighted by atomic mass is 10.2. The zero-order valence-corrected chi connectivity index (χ0v) is 14.9. The highest BCUT2D eigenvalue weighted by atomic mass is 35.5. The molecule has 0 aliphatic carbocycles. The first-order valence-electron chi connectivity index (χ1n) is 8.26. The Kier molecular flexibility index (Phi) is 5.61. The number of aromatic nitrogens is 1. The van der Waals surface area contributed by atoms with Gasteiger partial charge < -0.3 is 13.9 Å². The summed E-state index contributed by atoms with van der Waals surface area (Å²) in [6, 6.07) is 18.0. The lowest BCUT2D eigenvalue weighted by molar-refractivity contribution is -0.132. The van der Waals surface area contributed by atoms with Crippen molar-refractivity contribution in [2.24, 2.45) is 0 Å². The molecule has 0 spiro atoms. The Bertz CT molecular complexity index is 794. The summed E-state index contributed by atoms with van der Waals surface area (Å²) < 4.78 is 7.54. The highest BCUT2D eigenvalue weighted by Gasteiger charge is 2.21. The second kappa shape index (κ2) is 8.08. The third-order valence-corrected chi connectivity index (χ3v) is 4.24. The predicted octanol–water partition coefficient (Wildman–Crippen LogP) is 4.29. The van der Waals surface area contributed by atoms with Crippen LogP contribution in [0.3, 0.4) is 0 Å². The summed E-state index contributed by atoms with van der Waals surface area (Å²) in [5.41, 5.74) is 2.27. The molecule has 1 aromatic carbocycles. The van der Waals surface area contributed by atoms with Crippen LogP contribution in [0.15, 0.2) is 71.5 Å². The number of carbonyl (C=O) groups excluding carboxylic acids is 1. The molecule has 2 aromatic heterocycles. The van der Waals surface area contributed by atoms with Gasteiger partial charge in [-0.25, -0.2) is 0 Å². The molecule has 2 heterocycles. The summed E-state index contributed by atoms with van der Waals surface area (Å²) in [6.07, 6.45) is 3.64. The maximum absolute atomic E-state index is 12.5. The van der Waals surface area contributed by atoms with Crippen LogP contribution in [0.4, 0.5) is 0 Å². The van der Waals surface area contributed by atoms with Gasteiger partial charge in [-0.15, -0.1) is 11.6 Å². The van der Waals surface area contributed by atoms with Crippen LogP contribution in [0, 0.1) is 0 Å². The van der Waals surface area contributed by atoms with Gasteiger partial charge in [0.2, 0.25) is 5.91 Å². The summed E-state index contributed by atoms with van der Waals surface area (Å²) >= 11 is 6.04. The second-order valence-corrected chi connectivity index (χ2v) is 6.66. The van der Waals surface area contributed by atoms with Crippen molar-refractivity contribution in [1.82, 2.24) is 9.47 Å². The van der Waals surface area contributed by atoms with Crippen LogP contribution in [0.1, 0.15) is 23.9 Å². The monoisotopic (exact) mass is 356 g/mol. The summed E-state index contributed by atoms with van der Waals surface area (Å²) in [7, 11) is 0. The second-order valence-electron chi connectivity index (χ2n) is 6.00. The number of benzene rings is 1. The quantitative estimate of drug-likeness (QED) is 0.592. The van der Waals surface area contributed by atoms with Crippen LogP contribution in [0.2, 0.25) is 0 Å². The Morgan fingerprint density at radius 3 is 2.60 bits per heavy atom. The van der Waals surface area contributed by atoms with Gasteiger partial charge in [0.25, 0.3) is 0 Å². The van der Waals surface area contributed by atoms with Crippen molar-refractivity contribution in [2.45, 2.75) is 31.9 Å². The Labute approximate surface area is 152 Å². The third-order valence-electron chi connectivity index (χ3n) is 4.05. The standard InChI is InChI=1S/C20H21ClN2O2/c1-16(21)20(24)23(15-19-10-6-12-25-19)14-18-9-5-11-22(18)13-17-7-3-2-4-8-17/h2-12,16H,13-15H2,1H3. The first-order chi connectivity index (χ1) is 12.1. The van der Waals surface area contributed by atoms with E-state index < -0.39 is 5.38 Å². The molecular weight excluding hydrogens is 336 g/mol. The van der Waals surface area contributed by atoms with Crippen LogP contribution < -0.4 is 0 Å². The fourth-order valence-corrected chi connectivity index (χ4v) is 2.91. The fraction of sp³-hybridized carbons (Fsp3) is 0.250. The number of halogens is 1. The van der Waals surface area contributed by atoms with E-state index in [2.05, 4.69) is 16.7 Å². The molecule has 5 heteroatoms. The summed E-state index contributed by atoms with van der Waals surface area (Å²) in [6.45, 7) is 3.35. The maximum atomic E-state index is 12.5. The zero-order chi connectivity index (χ0) is 17.6. The highest BCUT2D eigenvalue weighted by molar-refractivity contribution is 6.30. The van der Waals surface area contributed by atoms with Crippen LogP contribution in [-0.2, 0) is 24.4 Å². The van der Waals surface area contributed by atoms with Crippen molar-refractivity contribution in [3.63, 3.8) is 0 Å². The zero-order valence-electron chi connectivity index (χ0n) is 14.1. The van der Waals surface area contributed by atoms with Crippen molar-refractivity contribution in [1.29, 1.82) is 0 Å². The molecule has 0 saturated heterocycles. The van der Waals surface area contributed by atoms with E-state index in [9.17, 15) is 4.79 Å². The number of rotatable bonds is 7. The molecule has 25 heavy (non-hydrogen) atoms. The van der Waals surface area contributed by atoms with Crippen molar-refractivity contribution in [3.05, 3.63) is 84.1 Å². The highest BCUT2D eigenvalue weighted by Crippen LogP contribution is 2.15. The molecule has 3 aromatic rings. The Morgan fingerprint density at radius 1 is 1.12 bits per heavy atom. The topological polar surface area (TPSA) is 38.4 Å². The minimum Gasteiger partial charge on any atom is -0.467 e. The van der Waals surface area contributed by atoms with Gasteiger partial charge in [0.05, 0.1) is 19.4 Å². The van der Waals surface area contributed by atoms with Gasteiger partial charge in [-0.2, -0.15) is 0 Å². The van der Waals surface area contributed by atoms with E-state index in [1.165, 1.54) is 5.56 Å².